The summed E-state index contributed by atoms with van der Waals surface area (Å²) in [4.78, 5) is 6.84. The highest BCUT2D eigenvalue weighted by molar-refractivity contribution is 5.74. The van der Waals surface area contributed by atoms with Crippen LogP contribution in [0.15, 0.2) is 28.7 Å². The molecule has 0 amide bonds. The third-order valence-electron chi connectivity index (χ3n) is 3.55. The van der Waals surface area contributed by atoms with Crippen LogP contribution in [0.4, 0.5) is 6.01 Å². The van der Waals surface area contributed by atoms with Crippen LogP contribution in [0.2, 0.25) is 0 Å². The maximum atomic E-state index is 5.91. The van der Waals surface area contributed by atoms with Gasteiger partial charge in [0.1, 0.15) is 5.52 Å². The van der Waals surface area contributed by atoms with Crippen molar-refractivity contribution in [2.45, 2.75) is 38.3 Å². The minimum atomic E-state index is 0.222. The average molecular weight is 245 g/mol. The van der Waals surface area contributed by atoms with E-state index in [1.54, 1.807) is 0 Å². The van der Waals surface area contributed by atoms with Crippen molar-refractivity contribution in [3.8, 4) is 0 Å². The fourth-order valence-corrected chi connectivity index (χ4v) is 2.74. The van der Waals surface area contributed by atoms with Crippen molar-refractivity contribution in [3.05, 3.63) is 24.3 Å². The van der Waals surface area contributed by atoms with Gasteiger partial charge in [0.2, 0.25) is 0 Å². The van der Waals surface area contributed by atoms with Crippen molar-refractivity contribution in [2.75, 3.05) is 11.4 Å². The lowest BCUT2D eigenvalue weighted by atomic mass is 10.1. The molecule has 0 saturated carbocycles. The Morgan fingerprint density at radius 1 is 1.50 bits per heavy atom. The molecule has 1 aromatic heterocycles. The summed E-state index contributed by atoms with van der Waals surface area (Å²) in [6, 6.07) is 9.35. The monoisotopic (exact) mass is 245 g/mol. The van der Waals surface area contributed by atoms with E-state index < -0.39 is 0 Å². The molecule has 1 aliphatic rings. The molecule has 0 radical (unpaired) electrons. The molecular formula is C14H19N3O. The summed E-state index contributed by atoms with van der Waals surface area (Å²) in [5, 5.41) is 0. The molecule has 2 atom stereocenters. The van der Waals surface area contributed by atoms with Crippen molar-refractivity contribution in [1.82, 2.24) is 4.98 Å². The molecule has 1 saturated heterocycles. The van der Waals surface area contributed by atoms with Crippen molar-refractivity contribution in [1.29, 1.82) is 0 Å². The van der Waals surface area contributed by atoms with Crippen LogP contribution in [0.1, 0.15) is 26.2 Å². The summed E-state index contributed by atoms with van der Waals surface area (Å²) in [6.45, 7) is 3.08. The second kappa shape index (κ2) is 4.61. The van der Waals surface area contributed by atoms with Crippen molar-refractivity contribution >= 4 is 17.1 Å². The second-order valence-electron chi connectivity index (χ2n) is 5.17. The van der Waals surface area contributed by atoms with Crippen LogP contribution in [0.3, 0.4) is 0 Å². The summed E-state index contributed by atoms with van der Waals surface area (Å²) in [7, 11) is 0. The van der Waals surface area contributed by atoms with Crippen LogP contribution >= 0.6 is 0 Å². The number of fused-ring (bicyclic) bond motifs is 1. The van der Waals surface area contributed by atoms with Gasteiger partial charge >= 0.3 is 0 Å². The molecule has 1 aliphatic heterocycles. The normalized spacial score (nSPS) is 21.7. The molecule has 0 bridgehead atoms. The first kappa shape index (κ1) is 11.5. The van der Waals surface area contributed by atoms with E-state index in [0.29, 0.717) is 6.04 Å². The number of hydrogen-bond donors (Lipinski definition) is 1. The number of nitrogens with two attached hydrogens (primary N) is 1. The van der Waals surface area contributed by atoms with Gasteiger partial charge in [-0.2, -0.15) is 4.98 Å². The summed E-state index contributed by atoms with van der Waals surface area (Å²) >= 11 is 0. The molecular weight excluding hydrogens is 226 g/mol. The topological polar surface area (TPSA) is 55.3 Å². The van der Waals surface area contributed by atoms with Crippen LogP contribution in [0.5, 0.6) is 0 Å². The summed E-state index contributed by atoms with van der Waals surface area (Å²) in [5.74, 6) is 0. The molecule has 2 aromatic rings. The van der Waals surface area contributed by atoms with Crippen LogP contribution < -0.4 is 10.6 Å². The van der Waals surface area contributed by atoms with E-state index in [9.17, 15) is 0 Å². The number of nitrogens with zero attached hydrogens (tertiary/aromatic N) is 2. The van der Waals surface area contributed by atoms with Gasteiger partial charge in [-0.05, 0) is 38.3 Å². The summed E-state index contributed by atoms with van der Waals surface area (Å²) in [6.07, 6.45) is 3.37. The standard InChI is InChI=1S/C14H19N3O/c1-10(15)9-11-5-4-8-17(11)14-16-12-6-2-3-7-13(12)18-14/h2-3,6-7,10-11H,4-5,8-9,15H2,1H3. The summed E-state index contributed by atoms with van der Waals surface area (Å²) < 4.78 is 5.84. The first-order valence-corrected chi connectivity index (χ1v) is 6.62. The second-order valence-corrected chi connectivity index (χ2v) is 5.17. The Morgan fingerprint density at radius 2 is 2.33 bits per heavy atom. The van der Waals surface area contributed by atoms with Gasteiger partial charge in [0, 0.05) is 18.6 Å². The molecule has 2 heterocycles. The number of hydrogen-bond acceptors (Lipinski definition) is 4. The van der Waals surface area contributed by atoms with Gasteiger partial charge in [0.05, 0.1) is 0 Å². The first-order chi connectivity index (χ1) is 8.74. The highest BCUT2D eigenvalue weighted by atomic mass is 16.4. The Morgan fingerprint density at radius 3 is 3.11 bits per heavy atom. The van der Waals surface area contributed by atoms with Gasteiger partial charge in [0.15, 0.2) is 5.58 Å². The van der Waals surface area contributed by atoms with Gasteiger partial charge < -0.3 is 15.1 Å². The minimum absolute atomic E-state index is 0.222. The Labute approximate surface area is 107 Å². The Kier molecular flexibility index (Phi) is 2.96. The fraction of sp³-hybridized carbons (Fsp3) is 0.500. The number of aromatic nitrogens is 1. The molecule has 1 fully saturated rings. The van der Waals surface area contributed by atoms with Gasteiger partial charge in [-0.1, -0.05) is 12.1 Å². The van der Waals surface area contributed by atoms with E-state index in [-0.39, 0.29) is 6.04 Å². The molecule has 0 spiro atoms. The van der Waals surface area contributed by atoms with Crippen LogP contribution in [0.25, 0.3) is 11.1 Å². The maximum absolute atomic E-state index is 5.91. The molecule has 3 rings (SSSR count). The number of oxazole rings is 1. The van der Waals surface area contributed by atoms with Crippen LogP contribution in [-0.4, -0.2) is 23.6 Å². The highest BCUT2D eigenvalue weighted by Crippen LogP contribution is 2.29. The van der Waals surface area contributed by atoms with Crippen molar-refractivity contribution in [3.63, 3.8) is 0 Å². The Bertz CT molecular complexity index is 502. The third kappa shape index (κ3) is 2.08. The SMILES string of the molecule is CC(N)CC1CCCN1c1nc2ccccc2o1. The largest absolute Gasteiger partial charge is 0.423 e. The Balaban J connectivity index is 1.88. The van der Waals surface area contributed by atoms with Gasteiger partial charge in [0.25, 0.3) is 6.01 Å². The lowest BCUT2D eigenvalue weighted by Gasteiger charge is -2.24. The molecule has 18 heavy (non-hydrogen) atoms. The smallest absolute Gasteiger partial charge is 0.298 e. The minimum Gasteiger partial charge on any atom is -0.423 e. The van der Waals surface area contributed by atoms with E-state index in [0.717, 1.165) is 30.1 Å². The van der Waals surface area contributed by atoms with E-state index in [1.807, 2.05) is 24.3 Å². The zero-order valence-electron chi connectivity index (χ0n) is 10.7. The van der Waals surface area contributed by atoms with Crippen LogP contribution in [0, 0.1) is 0 Å². The lowest BCUT2D eigenvalue weighted by molar-refractivity contribution is 0.503. The van der Waals surface area contributed by atoms with Crippen molar-refractivity contribution < 1.29 is 4.42 Å². The molecule has 96 valence electrons. The Hall–Kier alpha value is -1.55. The van der Waals surface area contributed by atoms with E-state index in [1.165, 1.54) is 12.8 Å². The predicted octanol–water partition coefficient (Wildman–Crippen LogP) is 2.53. The summed E-state index contributed by atoms with van der Waals surface area (Å²) in [5.41, 5.74) is 7.70. The molecule has 0 aliphatic carbocycles. The predicted molar refractivity (Wildman–Crippen MR) is 72.6 cm³/mol. The third-order valence-corrected chi connectivity index (χ3v) is 3.55. The van der Waals surface area contributed by atoms with E-state index >= 15 is 0 Å². The van der Waals surface area contributed by atoms with Crippen molar-refractivity contribution in [2.24, 2.45) is 5.73 Å². The van der Waals surface area contributed by atoms with Gasteiger partial charge in [-0.3, -0.25) is 0 Å². The maximum Gasteiger partial charge on any atom is 0.298 e. The molecule has 4 heteroatoms. The quantitative estimate of drug-likeness (QED) is 0.902. The first-order valence-electron chi connectivity index (χ1n) is 6.62. The molecule has 2 N–H and O–H groups in total. The molecule has 1 aromatic carbocycles. The number of rotatable bonds is 3. The number of anilines is 1. The molecule has 2 unspecified atom stereocenters. The average Bonchev–Trinajstić information content (AvgIpc) is 2.93. The zero-order chi connectivity index (χ0) is 12.5. The van der Waals surface area contributed by atoms with E-state index in [4.69, 9.17) is 10.2 Å². The van der Waals surface area contributed by atoms with E-state index in [2.05, 4.69) is 16.8 Å². The lowest BCUT2D eigenvalue weighted by Crippen LogP contribution is -2.34. The van der Waals surface area contributed by atoms with Crippen LogP contribution in [-0.2, 0) is 0 Å². The fourth-order valence-electron chi connectivity index (χ4n) is 2.74. The highest BCUT2D eigenvalue weighted by Gasteiger charge is 2.28. The van der Waals surface area contributed by atoms with Gasteiger partial charge in [-0.15, -0.1) is 0 Å². The number of benzene rings is 1. The van der Waals surface area contributed by atoms with Gasteiger partial charge in [-0.25, -0.2) is 0 Å². The zero-order valence-corrected chi connectivity index (χ0v) is 10.7. The molecule has 4 nitrogen and oxygen atoms in total. The number of para-hydroxylation sites is 2.